The summed E-state index contributed by atoms with van der Waals surface area (Å²) in [5.74, 6) is -4.15. The zero-order chi connectivity index (χ0) is 14.9. The Morgan fingerprint density at radius 1 is 1.05 bits per heavy atom. The quantitative estimate of drug-likeness (QED) is 0.873. The van der Waals surface area contributed by atoms with Crippen LogP contribution in [0.3, 0.4) is 0 Å². The normalized spacial score (nSPS) is 12.3. The van der Waals surface area contributed by atoms with E-state index in [0.29, 0.717) is 5.02 Å². The van der Waals surface area contributed by atoms with Crippen LogP contribution in [0.5, 0.6) is 5.75 Å². The minimum atomic E-state index is -1.64. The molecule has 2 rings (SSSR count). The minimum absolute atomic E-state index is 0.157. The van der Waals surface area contributed by atoms with Crippen molar-refractivity contribution in [3.63, 3.8) is 0 Å². The van der Waals surface area contributed by atoms with Gasteiger partial charge in [0.2, 0.25) is 0 Å². The lowest BCUT2D eigenvalue weighted by Gasteiger charge is -2.16. The second kappa shape index (κ2) is 5.73. The molecule has 106 valence electrons. The summed E-state index contributed by atoms with van der Waals surface area (Å²) in [6.07, 6.45) is -1.53. The Morgan fingerprint density at radius 3 is 2.40 bits per heavy atom. The lowest BCUT2D eigenvalue weighted by molar-refractivity contribution is 0.207. The van der Waals surface area contributed by atoms with Crippen molar-refractivity contribution in [2.24, 2.45) is 0 Å². The van der Waals surface area contributed by atoms with E-state index in [4.69, 9.17) is 16.3 Å². The predicted octanol–water partition coefficient (Wildman–Crippen LogP) is 3.85. The number of methoxy groups -OCH3 is 1. The fourth-order valence-corrected chi connectivity index (χ4v) is 2.02. The summed E-state index contributed by atoms with van der Waals surface area (Å²) in [5, 5.41) is 10.5. The van der Waals surface area contributed by atoms with Crippen LogP contribution in [-0.4, -0.2) is 12.2 Å². The number of benzene rings is 2. The smallest absolute Gasteiger partial charge is 0.194 e. The lowest BCUT2D eigenvalue weighted by Crippen LogP contribution is -2.07. The first-order valence-corrected chi connectivity index (χ1v) is 5.98. The molecule has 0 radical (unpaired) electrons. The van der Waals surface area contributed by atoms with Crippen LogP contribution in [0.2, 0.25) is 5.02 Å². The summed E-state index contributed by atoms with van der Waals surface area (Å²) < 4.78 is 44.8. The topological polar surface area (TPSA) is 29.5 Å². The van der Waals surface area contributed by atoms with Gasteiger partial charge >= 0.3 is 0 Å². The molecule has 0 bridgehead atoms. The Hall–Kier alpha value is -1.72. The van der Waals surface area contributed by atoms with Crippen LogP contribution in [0.25, 0.3) is 0 Å². The van der Waals surface area contributed by atoms with Gasteiger partial charge in [-0.3, -0.25) is 0 Å². The van der Waals surface area contributed by atoms with Crippen LogP contribution < -0.4 is 4.74 Å². The van der Waals surface area contributed by atoms with Crippen molar-refractivity contribution in [1.29, 1.82) is 0 Å². The van der Waals surface area contributed by atoms with Crippen molar-refractivity contribution >= 4 is 11.6 Å². The molecule has 0 saturated carbocycles. The first kappa shape index (κ1) is 14.7. The molecule has 2 aromatic rings. The fourth-order valence-electron chi connectivity index (χ4n) is 1.84. The Balaban J connectivity index is 2.54. The Labute approximate surface area is 118 Å². The van der Waals surface area contributed by atoms with Gasteiger partial charge in [0.25, 0.3) is 0 Å². The molecule has 0 aliphatic carbocycles. The Kier molecular flexibility index (Phi) is 4.20. The zero-order valence-corrected chi connectivity index (χ0v) is 11.1. The molecule has 0 amide bonds. The number of aliphatic hydroxyl groups is 1. The first-order valence-electron chi connectivity index (χ1n) is 5.60. The molecule has 0 aliphatic heterocycles. The average Bonchev–Trinajstić information content (AvgIpc) is 2.44. The van der Waals surface area contributed by atoms with Gasteiger partial charge in [0.1, 0.15) is 11.9 Å². The molecule has 1 N–H and O–H groups in total. The third-order valence-corrected chi connectivity index (χ3v) is 3.08. The van der Waals surface area contributed by atoms with E-state index in [-0.39, 0.29) is 11.3 Å². The van der Waals surface area contributed by atoms with Gasteiger partial charge in [0, 0.05) is 16.1 Å². The van der Waals surface area contributed by atoms with Gasteiger partial charge in [-0.2, -0.15) is 0 Å². The van der Waals surface area contributed by atoms with Gasteiger partial charge in [-0.15, -0.1) is 0 Å². The van der Waals surface area contributed by atoms with E-state index in [9.17, 15) is 18.3 Å². The van der Waals surface area contributed by atoms with E-state index in [1.165, 1.54) is 25.3 Å². The van der Waals surface area contributed by atoms with Crippen molar-refractivity contribution in [2.75, 3.05) is 7.11 Å². The highest BCUT2D eigenvalue weighted by Crippen LogP contribution is 2.34. The SMILES string of the molecule is COc1ccc(Cl)cc1C(O)c1ccc(F)c(F)c1F. The number of aliphatic hydroxyl groups excluding tert-OH is 1. The second-order valence-electron chi connectivity index (χ2n) is 4.05. The van der Waals surface area contributed by atoms with Crippen molar-refractivity contribution in [2.45, 2.75) is 6.10 Å². The highest BCUT2D eigenvalue weighted by Gasteiger charge is 2.23. The minimum Gasteiger partial charge on any atom is -0.496 e. The van der Waals surface area contributed by atoms with Crippen molar-refractivity contribution in [3.8, 4) is 5.75 Å². The molecule has 1 unspecified atom stereocenters. The van der Waals surface area contributed by atoms with E-state index in [1.807, 2.05) is 0 Å². The van der Waals surface area contributed by atoms with Crippen LogP contribution in [-0.2, 0) is 0 Å². The summed E-state index contributed by atoms with van der Waals surface area (Å²) in [4.78, 5) is 0. The van der Waals surface area contributed by atoms with Gasteiger partial charge in [0.05, 0.1) is 7.11 Å². The predicted molar refractivity (Wildman–Crippen MR) is 68.4 cm³/mol. The number of rotatable bonds is 3. The lowest BCUT2D eigenvalue weighted by atomic mass is 10.00. The summed E-state index contributed by atoms with van der Waals surface area (Å²) in [6.45, 7) is 0. The molecular weight excluding hydrogens is 293 g/mol. The van der Waals surface area contributed by atoms with Gasteiger partial charge in [-0.1, -0.05) is 17.7 Å². The molecule has 0 aromatic heterocycles. The second-order valence-corrected chi connectivity index (χ2v) is 4.49. The molecule has 20 heavy (non-hydrogen) atoms. The maximum absolute atomic E-state index is 13.7. The van der Waals surface area contributed by atoms with Gasteiger partial charge in [-0.05, 0) is 24.3 Å². The van der Waals surface area contributed by atoms with E-state index in [1.54, 1.807) is 0 Å². The van der Waals surface area contributed by atoms with Crippen molar-refractivity contribution in [1.82, 2.24) is 0 Å². The number of hydrogen-bond acceptors (Lipinski definition) is 2. The Morgan fingerprint density at radius 2 is 1.75 bits per heavy atom. The third kappa shape index (κ3) is 2.59. The standard InChI is InChI=1S/C14H10ClF3O2/c1-20-11-5-2-7(15)6-9(11)14(19)8-3-4-10(16)13(18)12(8)17/h2-6,14,19H,1H3. The van der Waals surface area contributed by atoms with Gasteiger partial charge < -0.3 is 9.84 Å². The summed E-state index contributed by atoms with van der Waals surface area (Å²) >= 11 is 5.81. The molecule has 0 aliphatic rings. The molecule has 6 heteroatoms. The zero-order valence-electron chi connectivity index (χ0n) is 10.3. The Bertz CT molecular complexity index is 647. The van der Waals surface area contributed by atoms with E-state index < -0.39 is 29.1 Å². The molecule has 0 saturated heterocycles. The monoisotopic (exact) mass is 302 g/mol. The molecule has 0 heterocycles. The van der Waals surface area contributed by atoms with Gasteiger partial charge in [0.15, 0.2) is 17.5 Å². The highest BCUT2D eigenvalue weighted by molar-refractivity contribution is 6.30. The third-order valence-electron chi connectivity index (χ3n) is 2.85. The van der Waals surface area contributed by atoms with Crippen molar-refractivity contribution < 1.29 is 23.0 Å². The summed E-state index contributed by atoms with van der Waals surface area (Å²) in [6, 6.07) is 6.09. The van der Waals surface area contributed by atoms with Crippen molar-refractivity contribution in [3.05, 3.63) is 63.9 Å². The summed E-state index contributed by atoms with van der Waals surface area (Å²) in [5.41, 5.74) is -0.241. The van der Waals surface area contributed by atoms with E-state index >= 15 is 0 Å². The maximum Gasteiger partial charge on any atom is 0.194 e. The molecule has 1 atom stereocenters. The number of ether oxygens (including phenoxy) is 1. The molecule has 2 aromatic carbocycles. The summed E-state index contributed by atoms with van der Waals surface area (Å²) in [7, 11) is 1.36. The molecule has 2 nitrogen and oxygen atoms in total. The van der Waals surface area contributed by atoms with Crippen LogP contribution in [0.4, 0.5) is 13.2 Å². The van der Waals surface area contributed by atoms with E-state index in [0.717, 1.165) is 12.1 Å². The fraction of sp³-hybridized carbons (Fsp3) is 0.143. The van der Waals surface area contributed by atoms with Crippen LogP contribution in [0.15, 0.2) is 30.3 Å². The van der Waals surface area contributed by atoms with Crippen LogP contribution in [0.1, 0.15) is 17.2 Å². The molecule has 0 fully saturated rings. The largest absolute Gasteiger partial charge is 0.496 e. The highest BCUT2D eigenvalue weighted by atomic mass is 35.5. The van der Waals surface area contributed by atoms with Crippen LogP contribution >= 0.6 is 11.6 Å². The molecular formula is C14H10ClF3O2. The number of hydrogen-bond donors (Lipinski definition) is 1. The average molecular weight is 303 g/mol. The van der Waals surface area contributed by atoms with Crippen LogP contribution in [0, 0.1) is 17.5 Å². The van der Waals surface area contributed by atoms with Gasteiger partial charge in [-0.25, -0.2) is 13.2 Å². The molecule has 0 spiro atoms. The number of halogens is 4. The first-order chi connectivity index (χ1) is 9.45. The maximum atomic E-state index is 13.7. The van der Waals surface area contributed by atoms with E-state index in [2.05, 4.69) is 0 Å².